The number of halogens is 3. The predicted octanol–water partition coefficient (Wildman–Crippen LogP) is 2.95. The Morgan fingerprint density at radius 2 is 1.86 bits per heavy atom. The zero-order chi connectivity index (χ0) is 15.6. The zero-order valence-electron chi connectivity index (χ0n) is 10.9. The third kappa shape index (κ3) is 2.91. The molecule has 0 spiro atoms. The van der Waals surface area contributed by atoms with Gasteiger partial charge in [-0.05, 0) is 24.3 Å². The number of nitrogens with two attached hydrogens (primary N) is 1. The minimum atomic E-state index is -1.70. The number of benzene rings is 2. The summed E-state index contributed by atoms with van der Waals surface area (Å²) in [5.74, 6) is -5.30. The predicted molar refractivity (Wildman–Crippen MR) is 71.7 cm³/mol. The number of methoxy groups -OCH3 is 1. The van der Waals surface area contributed by atoms with Crippen LogP contribution in [-0.4, -0.2) is 13.0 Å². The Bertz CT molecular complexity index is 705. The first-order chi connectivity index (χ1) is 9.93. The summed E-state index contributed by atoms with van der Waals surface area (Å²) in [5, 5.41) is 2.34. The molecule has 4 nitrogen and oxygen atoms in total. The molecule has 2 rings (SSSR count). The second-order valence-corrected chi connectivity index (χ2v) is 4.14. The average Bonchev–Trinajstić information content (AvgIpc) is 2.46. The lowest BCUT2D eigenvalue weighted by molar-refractivity contribution is 0.102. The molecule has 0 heterocycles. The van der Waals surface area contributed by atoms with E-state index in [0.29, 0.717) is 11.8 Å². The van der Waals surface area contributed by atoms with E-state index in [0.717, 1.165) is 6.07 Å². The zero-order valence-corrected chi connectivity index (χ0v) is 10.9. The molecule has 110 valence electrons. The maximum atomic E-state index is 13.5. The molecule has 0 aliphatic rings. The van der Waals surface area contributed by atoms with Gasteiger partial charge < -0.3 is 15.8 Å². The van der Waals surface area contributed by atoms with Crippen LogP contribution in [0.15, 0.2) is 30.3 Å². The summed E-state index contributed by atoms with van der Waals surface area (Å²) >= 11 is 0. The minimum Gasteiger partial charge on any atom is -0.494 e. The highest BCUT2D eigenvalue weighted by atomic mass is 19.2. The fourth-order valence-corrected chi connectivity index (χ4v) is 1.70. The largest absolute Gasteiger partial charge is 0.494 e. The van der Waals surface area contributed by atoms with E-state index in [2.05, 4.69) is 5.32 Å². The van der Waals surface area contributed by atoms with E-state index in [9.17, 15) is 18.0 Å². The quantitative estimate of drug-likeness (QED) is 0.676. The fraction of sp³-hybridized carbons (Fsp3) is 0.0714. The Labute approximate surface area is 118 Å². The van der Waals surface area contributed by atoms with Gasteiger partial charge in [0.05, 0.1) is 18.4 Å². The van der Waals surface area contributed by atoms with Gasteiger partial charge in [-0.25, -0.2) is 13.2 Å². The van der Waals surface area contributed by atoms with Gasteiger partial charge in [0.25, 0.3) is 5.91 Å². The molecule has 0 fully saturated rings. The van der Waals surface area contributed by atoms with E-state index in [1.54, 1.807) is 0 Å². The Kier molecular flexibility index (Phi) is 4.02. The SMILES string of the molecule is COc1cc(N)ccc1NC(=O)c1ccc(F)c(F)c1F. The van der Waals surface area contributed by atoms with Crippen LogP contribution in [0.3, 0.4) is 0 Å². The number of carbonyl (C=O) groups is 1. The van der Waals surface area contributed by atoms with Crippen LogP contribution in [0.5, 0.6) is 5.75 Å². The molecule has 0 radical (unpaired) electrons. The minimum absolute atomic E-state index is 0.223. The highest BCUT2D eigenvalue weighted by Crippen LogP contribution is 2.27. The van der Waals surface area contributed by atoms with Crippen molar-refractivity contribution < 1.29 is 22.7 Å². The second-order valence-electron chi connectivity index (χ2n) is 4.14. The monoisotopic (exact) mass is 296 g/mol. The highest BCUT2D eigenvalue weighted by Gasteiger charge is 2.19. The second kappa shape index (κ2) is 5.74. The Morgan fingerprint density at radius 1 is 1.14 bits per heavy atom. The number of rotatable bonds is 3. The average molecular weight is 296 g/mol. The third-order valence-electron chi connectivity index (χ3n) is 2.75. The van der Waals surface area contributed by atoms with E-state index < -0.39 is 28.9 Å². The standard InChI is InChI=1S/C14H11F3N2O2/c1-21-11-6-7(18)2-5-10(11)19-14(20)8-3-4-9(15)13(17)12(8)16/h2-6H,18H2,1H3,(H,19,20). The van der Waals surface area contributed by atoms with Gasteiger partial charge in [0, 0.05) is 11.8 Å². The summed E-state index contributed by atoms with van der Waals surface area (Å²) in [5.41, 5.74) is 5.57. The number of nitrogens with one attached hydrogen (secondary N) is 1. The summed E-state index contributed by atoms with van der Waals surface area (Å²) in [6, 6.07) is 5.93. The molecule has 0 saturated heterocycles. The first kappa shape index (κ1) is 14.7. The van der Waals surface area contributed by atoms with Crippen LogP contribution in [0.4, 0.5) is 24.5 Å². The molecule has 0 bridgehead atoms. The Morgan fingerprint density at radius 3 is 2.52 bits per heavy atom. The molecule has 0 unspecified atom stereocenters. The molecule has 0 atom stereocenters. The van der Waals surface area contributed by atoms with Gasteiger partial charge in [-0.15, -0.1) is 0 Å². The van der Waals surface area contributed by atoms with Gasteiger partial charge in [-0.2, -0.15) is 0 Å². The number of hydrogen-bond donors (Lipinski definition) is 2. The van der Waals surface area contributed by atoms with Crippen molar-refractivity contribution in [2.45, 2.75) is 0 Å². The van der Waals surface area contributed by atoms with Gasteiger partial charge in [0.15, 0.2) is 17.5 Å². The maximum Gasteiger partial charge on any atom is 0.258 e. The van der Waals surface area contributed by atoms with E-state index in [-0.39, 0.29) is 11.4 Å². The van der Waals surface area contributed by atoms with Gasteiger partial charge in [0.2, 0.25) is 0 Å². The third-order valence-corrected chi connectivity index (χ3v) is 2.75. The van der Waals surface area contributed by atoms with Gasteiger partial charge >= 0.3 is 0 Å². The summed E-state index contributed by atoms with van der Waals surface area (Å²) in [7, 11) is 1.36. The molecule has 0 saturated carbocycles. The van der Waals surface area contributed by atoms with Crippen molar-refractivity contribution in [3.63, 3.8) is 0 Å². The smallest absolute Gasteiger partial charge is 0.258 e. The van der Waals surface area contributed by atoms with Gasteiger partial charge in [0.1, 0.15) is 5.75 Å². The van der Waals surface area contributed by atoms with Crippen LogP contribution in [-0.2, 0) is 0 Å². The van der Waals surface area contributed by atoms with Crippen molar-refractivity contribution in [2.75, 3.05) is 18.2 Å². The van der Waals surface area contributed by atoms with Crippen molar-refractivity contribution in [1.82, 2.24) is 0 Å². The number of hydrogen-bond acceptors (Lipinski definition) is 3. The highest BCUT2D eigenvalue weighted by molar-refractivity contribution is 6.05. The van der Waals surface area contributed by atoms with Crippen LogP contribution >= 0.6 is 0 Å². The summed E-state index contributed by atoms with van der Waals surface area (Å²) in [4.78, 5) is 11.9. The van der Waals surface area contributed by atoms with E-state index in [1.165, 1.54) is 25.3 Å². The maximum absolute atomic E-state index is 13.5. The number of nitrogen functional groups attached to an aromatic ring is 1. The molecule has 3 N–H and O–H groups in total. The summed E-state index contributed by atoms with van der Waals surface area (Å²) in [6.07, 6.45) is 0. The lowest BCUT2D eigenvalue weighted by atomic mass is 10.1. The Hall–Kier alpha value is -2.70. The van der Waals surface area contributed by atoms with Crippen molar-refractivity contribution in [3.8, 4) is 5.75 Å². The van der Waals surface area contributed by atoms with E-state index in [1.807, 2.05) is 0 Å². The van der Waals surface area contributed by atoms with Crippen LogP contribution in [0.1, 0.15) is 10.4 Å². The molecule has 0 aliphatic carbocycles. The molecular formula is C14H11F3N2O2. The molecular weight excluding hydrogens is 285 g/mol. The van der Waals surface area contributed by atoms with Crippen LogP contribution in [0, 0.1) is 17.5 Å². The van der Waals surface area contributed by atoms with Gasteiger partial charge in [-0.3, -0.25) is 4.79 Å². The molecule has 1 amide bonds. The van der Waals surface area contributed by atoms with E-state index >= 15 is 0 Å². The summed E-state index contributed by atoms with van der Waals surface area (Å²) < 4.78 is 44.5. The lowest BCUT2D eigenvalue weighted by Gasteiger charge is -2.11. The molecule has 0 aliphatic heterocycles. The summed E-state index contributed by atoms with van der Waals surface area (Å²) in [6.45, 7) is 0. The number of carbonyl (C=O) groups excluding carboxylic acids is 1. The number of ether oxygens (including phenoxy) is 1. The molecule has 2 aromatic rings. The molecule has 2 aromatic carbocycles. The Balaban J connectivity index is 2.33. The topological polar surface area (TPSA) is 64.3 Å². The van der Waals surface area contributed by atoms with Crippen LogP contribution in [0.2, 0.25) is 0 Å². The molecule has 7 heteroatoms. The molecule has 21 heavy (non-hydrogen) atoms. The van der Waals surface area contributed by atoms with Crippen molar-refractivity contribution in [3.05, 3.63) is 53.3 Å². The number of anilines is 2. The van der Waals surface area contributed by atoms with Crippen LogP contribution in [0.25, 0.3) is 0 Å². The molecule has 0 aromatic heterocycles. The van der Waals surface area contributed by atoms with E-state index in [4.69, 9.17) is 10.5 Å². The van der Waals surface area contributed by atoms with Crippen molar-refractivity contribution in [2.24, 2.45) is 0 Å². The first-order valence-electron chi connectivity index (χ1n) is 5.82. The van der Waals surface area contributed by atoms with Crippen molar-refractivity contribution in [1.29, 1.82) is 0 Å². The van der Waals surface area contributed by atoms with Crippen LogP contribution < -0.4 is 15.8 Å². The normalized spacial score (nSPS) is 10.3. The number of amides is 1. The van der Waals surface area contributed by atoms with Crippen molar-refractivity contribution >= 4 is 17.3 Å². The fourth-order valence-electron chi connectivity index (χ4n) is 1.70. The first-order valence-corrected chi connectivity index (χ1v) is 5.82. The van der Waals surface area contributed by atoms with Gasteiger partial charge in [-0.1, -0.05) is 0 Å². The lowest BCUT2D eigenvalue weighted by Crippen LogP contribution is -2.15.